The van der Waals surface area contributed by atoms with E-state index in [1.54, 1.807) is 0 Å². The average molecular weight is 265 g/mol. The highest BCUT2D eigenvalue weighted by Gasteiger charge is 2.37. The van der Waals surface area contributed by atoms with Crippen molar-refractivity contribution in [2.24, 2.45) is 22.7 Å². The molecule has 2 rings (SSSR count). The second-order valence-corrected chi connectivity index (χ2v) is 9.22. The van der Waals surface area contributed by atoms with Crippen LogP contribution < -0.4 is 0 Å². The quantitative estimate of drug-likeness (QED) is 0.648. The average Bonchev–Trinajstić information content (AvgIpc) is 2.77. The summed E-state index contributed by atoms with van der Waals surface area (Å²) in [6, 6.07) is 0.894. The Morgan fingerprint density at radius 2 is 1.21 bits per heavy atom. The van der Waals surface area contributed by atoms with Gasteiger partial charge in [0, 0.05) is 12.6 Å². The second-order valence-electron chi connectivity index (χ2n) is 9.22. The summed E-state index contributed by atoms with van der Waals surface area (Å²) >= 11 is 0. The highest BCUT2D eigenvalue weighted by atomic mass is 15.2. The van der Waals surface area contributed by atoms with Crippen molar-refractivity contribution in [3.05, 3.63) is 0 Å². The Labute approximate surface area is 121 Å². The molecule has 1 saturated heterocycles. The summed E-state index contributed by atoms with van der Waals surface area (Å²) in [5, 5.41) is 0. The summed E-state index contributed by atoms with van der Waals surface area (Å²) in [7, 11) is 0. The van der Waals surface area contributed by atoms with Crippen molar-refractivity contribution in [1.29, 1.82) is 0 Å². The number of hydrogen-bond acceptors (Lipinski definition) is 1. The van der Waals surface area contributed by atoms with Gasteiger partial charge in [-0.15, -0.1) is 0 Å². The molecule has 0 aromatic rings. The molecule has 2 aliphatic rings. The minimum atomic E-state index is 0.497. The lowest BCUT2D eigenvalue weighted by atomic mass is 9.71. The van der Waals surface area contributed by atoms with Crippen molar-refractivity contribution in [3.63, 3.8) is 0 Å². The second kappa shape index (κ2) is 5.39. The molecule has 0 aromatic heterocycles. The maximum Gasteiger partial charge on any atom is 0.00955 e. The van der Waals surface area contributed by atoms with Gasteiger partial charge in [0.25, 0.3) is 0 Å². The van der Waals surface area contributed by atoms with Crippen molar-refractivity contribution < 1.29 is 0 Å². The lowest BCUT2D eigenvalue weighted by Gasteiger charge is -2.40. The van der Waals surface area contributed by atoms with E-state index < -0.39 is 0 Å². The molecule has 0 spiro atoms. The Morgan fingerprint density at radius 3 is 1.63 bits per heavy atom. The van der Waals surface area contributed by atoms with Gasteiger partial charge in [0.2, 0.25) is 0 Å². The van der Waals surface area contributed by atoms with Gasteiger partial charge in [0.05, 0.1) is 0 Å². The van der Waals surface area contributed by atoms with Gasteiger partial charge in [-0.2, -0.15) is 0 Å². The Balaban J connectivity index is 1.83. The smallest absolute Gasteiger partial charge is 0.00955 e. The van der Waals surface area contributed by atoms with Crippen LogP contribution in [0.1, 0.15) is 73.6 Å². The van der Waals surface area contributed by atoms with Crippen LogP contribution in [0.5, 0.6) is 0 Å². The molecule has 0 aromatic carbocycles. The van der Waals surface area contributed by atoms with E-state index in [1.807, 2.05) is 0 Å². The van der Waals surface area contributed by atoms with Crippen LogP contribution in [0.15, 0.2) is 0 Å². The Kier molecular flexibility index (Phi) is 4.35. The maximum absolute atomic E-state index is 2.81. The predicted octanol–water partition coefficient (Wildman–Crippen LogP) is 4.96. The molecule has 1 nitrogen and oxygen atoms in total. The first-order valence-corrected chi connectivity index (χ1v) is 8.42. The zero-order valence-electron chi connectivity index (χ0n) is 14.1. The van der Waals surface area contributed by atoms with Gasteiger partial charge in [-0.25, -0.2) is 0 Å². The number of likely N-dealkylation sites (tertiary alicyclic amines) is 1. The monoisotopic (exact) mass is 265 g/mol. The summed E-state index contributed by atoms with van der Waals surface area (Å²) in [6.07, 6.45) is 7.20. The Bertz CT molecular complexity index is 286. The van der Waals surface area contributed by atoms with Gasteiger partial charge in [0.15, 0.2) is 0 Å². The molecule has 1 aliphatic heterocycles. The zero-order chi connectivity index (χ0) is 14.3. The fourth-order valence-corrected chi connectivity index (χ4v) is 4.13. The highest BCUT2D eigenvalue weighted by molar-refractivity contribution is 4.90. The molecule has 0 amide bonds. The molecular formula is C18H35N. The number of hydrogen-bond donors (Lipinski definition) is 0. The molecule has 1 aliphatic carbocycles. The van der Waals surface area contributed by atoms with Crippen LogP contribution in [0.2, 0.25) is 0 Å². The molecule has 112 valence electrons. The van der Waals surface area contributed by atoms with Crippen LogP contribution in [0.25, 0.3) is 0 Å². The fraction of sp³-hybridized carbons (Fsp3) is 1.00. The van der Waals surface area contributed by atoms with Gasteiger partial charge in [-0.05, 0) is 61.3 Å². The van der Waals surface area contributed by atoms with Crippen molar-refractivity contribution >= 4 is 0 Å². The molecule has 1 saturated carbocycles. The largest absolute Gasteiger partial charge is 0.300 e. The van der Waals surface area contributed by atoms with E-state index in [9.17, 15) is 0 Å². The van der Waals surface area contributed by atoms with Crippen LogP contribution in [0.4, 0.5) is 0 Å². The van der Waals surface area contributed by atoms with Gasteiger partial charge >= 0.3 is 0 Å². The third-order valence-electron chi connectivity index (χ3n) is 5.88. The van der Waals surface area contributed by atoms with E-state index in [-0.39, 0.29) is 0 Å². The van der Waals surface area contributed by atoms with Crippen LogP contribution >= 0.6 is 0 Å². The molecule has 19 heavy (non-hydrogen) atoms. The molecule has 2 fully saturated rings. The van der Waals surface area contributed by atoms with Crippen molar-refractivity contribution in [3.8, 4) is 0 Å². The number of nitrogens with zero attached hydrogens (tertiary/aromatic N) is 1. The predicted molar refractivity (Wildman–Crippen MR) is 84.3 cm³/mol. The van der Waals surface area contributed by atoms with E-state index in [0.717, 1.165) is 17.9 Å². The van der Waals surface area contributed by atoms with E-state index in [2.05, 4.69) is 46.4 Å². The van der Waals surface area contributed by atoms with Gasteiger partial charge in [-0.1, -0.05) is 41.5 Å². The van der Waals surface area contributed by atoms with Gasteiger partial charge in [-0.3, -0.25) is 0 Å². The van der Waals surface area contributed by atoms with E-state index in [4.69, 9.17) is 0 Å². The summed E-state index contributed by atoms with van der Waals surface area (Å²) in [5.41, 5.74) is 1.02. The minimum Gasteiger partial charge on any atom is -0.300 e. The first kappa shape index (κ1) is 15.4. The lowest BCUT2D eigenvalue weighted by molar-refractivity contribution is 0.103. The van der Waals surface area contributed by atoms with Crippen LogP contribution in [0.3, 0.4) is 0 Å². The van der Waals surface area contributed by atoms with Gasteiger partial charge < -0.3 is 4.90 Å². The van der Waals surface area contributed by atoms with Crippen molar-refractivity contribution in [1.82, 2.24) is 4.90 Å². The van der Waals surface area contributed by atoms with Crippen LogP contribution in [-0.4, -0.2) is 24.0 Å². The van der Waals surface area contributed by atoms with E-state index in [1.165, 1.54) is 45.2 Å². The first-order valence-electron chi connectivity index (χ1n) is 8.42. The molecular weight excluding hydrogens is 230 g/mol. The SMILES string of the molecule is CC(C)(C)C1CCC(N2CCC(C(C)(C)C)C2)CC1. The Hall–Kier alpha value is -0.0400. The lowest BCUT2D eigenvalue weighted by Crippen LogP contribution is -2.39. The van der Waals surface area contributed by atoms with Gasteiger partial charge in [0.1, 0.15) is 0 Å². The third kappa shape index (κ3) is 3.74. The summed E-state index contributed by atoms with van der Waals surface area (Å²) < 4.78 is 0. The van der Waals surface area contributed by atoms with Crippen molar-refractivity contribution in [2.75, 3.05) is 13.1 Å². The molecule has 1 heteroatoms. The fourth-order valence-electron chi connectivity index (χ4n) is 4.13. The molecule has 1 atom stereocenters. The maximum atomic E-state index is 2.81. The summed E-state index contributed by atoms with van der Waals surface area (Å²) in [4.78, 5) is 2.81. The molecule has 0 N–H and O–H groups in total. The standard InChI is InChI=1S/C18H35N/c1-17(2,3)14-7-9-16(10-8-14)19-12-11-15(13-19)18(4,5)6/h14-16H,7-13H2,1-6H3. The molecule has 0 radical (unpaired) electrons. The normalized spacial score (nSPS) is 34.7. The summed E-state index contributed by atoms with van der Waals surface area (Å²) in [5.74, 6) is 1.86. The van der Waals surface area contributed by atoms with Crippen LogP contribution in [-0.2, 0) is 0 Å². The topological polar surface area (TPSA) is 3.24 Å². The van der Waals surface area contributed by atoms with E-state index in [0.29, 0.717) is 10.8 Å². The summed E-state index contributed by atoms with van der Waals surface area (Å²) in [6.45, 7) is 17.2. The first-order chi connectivity index (χ1) is 8.68. The Morgan fingerprint density at radius 1 is 0.684 bits per heavy atom. The van der Waals surface area contributed by atoms with E-state index >= 15 is 0 Å². The molecule has 0 bridgehead atoms. The molecule has 1 unspecified atom stereocenters. The highest BCUT2D eigenvalue weighted by Crippen LogP contribution is 2.41. The molecule has 1 heterocycles. The minimum absolute atomic E-state index is 0.497. The zero-order valence-corrected chi connectivity index (χ0v) is 14.1. The van der Waals surface area contributed by atoms with Crippen LogP contribution in [0, 0.1) is 22.7 Å². The number of rotatable bonds is 1. The third-order valence-corrected chi connectivity index (χ3v) is 5.88. The van der Waals surface area contributed by atoms with Crippen molar-refractivity contribution in [2.45, 2.75) is 79.7 Å².